The molecule has 0 heterocycles. The average Bonchev–Trinajstić information content (AvgIpc) is 2.53. The largest absolute Gasteiger partial charge is 0.352 e. The first-order chi connectivity index (χ1) is 10.6. The lowest BCUT2D eigenvalue weighted by Gasteiger charge is -2.20. The summed E-state index contributed by atoms with van der Waals surface area (Å²) in [6, 6.07) is 7.54. The van der Waals surface area contributed by atoms with Gasteiger partial charge in [-0.25, -0.2) is 0 Å². The zero-order valence-electron chi connectivity index (χ0n) is 13.5. The van der Waals surface area contributed by atoms with E-state index in [1.807, 2.05) is 26.0 Å². The third kappa shape index (κ3) is 4.86. The molecule has 1 fully saturated rings. The van der Waals surface area contributed by atoms with Gasteiger partial charge in [0.15, 0.2) is 0 Å². The number of amides is 2. The van der Waals surface area contributed by atoms with Gasteiger partial charge in [-0.05, 0) is 44.4 Å². The summed E-state index contributed by atoms with van der Waals surface area (Å²) in [5.41, 5.74) is 1.67. The van der Waals surface area contributed by atoms with Crippen molar-refractivity contribution < 1.29 is 9.59 Å². The summed E-state index contributed by atoms with van der Waals surface area (Å²) in [4.78, 5) is 24.0. The number of benzene rings is 1. The van der Waals surface area contributed by atoms with Crippen LogP contribution >= 0.6 is 0 Å². The van der Waals surface area contributed by atoms with Crippen molar-refractivity contribution in [2.24, 2.45) is 5.92 Å². The van der Waals surface area contributed by atoms with Crippen LogP contribution in [-0.4, -0.2) is 17.9 Å². The highest BCUT2D eigenvalue weighted by Crippen LogP contribution is 2.23. The lowest BCUT2D eigenvalue weighted by Crippen LogP contribution is -2.31. The van der Waals surface area contributed by atoms with E-state index in [0.29, 0.717) is 12.1 Å². The van der Waals surface area contributed by atoms with Crippen molar-refractivity contribution in [3.05, 3.63) is 35.4 Å². The molecule has 120 valence electrons. The van der Waals surface area contributed by atoms with Crippen molar-refractivity contribution in [2.45, 2.75) is 58.5 Å². The minimum Gasteiger partial charge on any atom is -0.352 e. The number of carbonyl (C=O) groups is 2. The van der Waals surface area contributed by atoms with Crippen LogP contribution in [0.4, 0.5) is 0 Å². The van der Waals surface area contributed by atoms with Gasteiger partial charge in [0.1, 0.15) is 0 Å². The minimum absolute atomic E-state index is 0.0622. The highest BCUT2D eigenvalue weighted by atomic mass is 16.2. The van der Waals surface area contributed by atoms with E-state index in [-0.39, 0.29) is 23.8 Å². The molecule has 0 atom stereocenters. The Bertz CT molecular complexity index is 502. The predicted octanol–water partition coefficient (Wildman–Crippen LogP) is 3.02. The Balaban J connectivity index is 1.83. The van der Waals surface area contributed by atoms with Crippen molar-refractivity contribution >= 4 is 11.8 Å². The number of carbonyl (C=O) groups excluding carboxylic acids is 2. The third-order valence-electron chi connectivity index (χ3n) is 4.08. The maximum atomic E-state index is 12.1. The summed E-state index contributed by atoms with van der Waals surface area (Å²) < 4.78 is 0. The Morgan fingerprint density at radius 2 is 1.73 bits per heavy atom. The first-order valence-electron chi connectivity index (χ1n) is 8.24. The second kappa shape index (κ2) is 7.97. The fourth-order valence-corrected chi connectivity index (χ4v) is 2.82. The fraction of sp³-hybridized carbons (Fsp3) is 0.556. The van der Waals surface area contributed by atoms with Crippen LogP contribution in [0.25, 0.3) is 0 Å². The smallest absolute Gasteiger partial charge is 0.251 e. The number of nitrogens with one attached hydrogen (secondary N) is 2. The Hall–Kier alpha value is -1.84. The van der Waals surface area contributed by atoms with Crippen LogP contribution in [0.15, 0.2) is 24.3 Å². The van der Waals surface area contributed by atoms with Gasteiger partial charge in [0.2, 0.25) is 5.91 Å². The Morgan fingerprint density at radius 1 is 1.09 bits per heavy atom. The lowest BCUT2D eigenvalue weighted by atomic mass is 9.88. The number of hydrogen-bond donors (Lipinski definition) is 2. The van der Waals surface area contributed by atoms with Crippen LogP contribution in [0, 0.1) is 5.92 Å². The van der Waals surface area contributed by atoms with Crippen LogP contribution in [0.5, 0.6) is 0 Å². The van der Waals surface area contributed by atoms with Gasteiger partial charge in [-0.3, -0.25) is 9.59 Å². The molecule has 0 saturated heterocycles. The molecule has 1 aliphatic carbocycles. The van der Waals surface area contributed by atoms with Gasteiger partial charge in [0.25, 0.3) is 5.91 Å². The molecule has 0 bridgehead atoms. The molecule has 1 aliphatic rings. The summed E-state index contributed by atoms with van der Waals surface area (Å²) in [5.74, 6) is 0.291. The van der Waals surface area contributed by atoms with Gasteiger partial charge in [0.05, 0.1) is 0 Å². The molecule has 4 heteroatoms. The molecule has 0 spiro atoms. The van der Waals surface area contributed by atoms with Gasteiger partial charge >= 0.3 is 0 Å². The van der Waals surface area contributed by atoms with E-state index in [0.717, 1.165) is 31.2 Å². The molecule has 0 aliphatic heterocycles. The second-order valence-corrected chi connectivity index (χ2v) is 6.38. The molecule has 1 aromatic rings. The van der Waals surface area contributed by atoms with E-state index in [4.69, 9.17) is 0 Å². The quantitative estimate of drug-likeness (QED) is 0.878. The van der Waals surface area contributed by atoms with Crippen LogP contribution in [0.2, 0.25) is 0 Å². The number of hydrogen-bond acceptors (Lipinski definition) is 2. The van der Waals surface area contributed by atoms with Gasteiger partial charge in [-0.15, -0.1) is 0 Å². The van der Waals surface area contributed by atoms with Crippen LogP contribution in [-0.2, 0) is 11.3 Å². The predicted molar refractivity (Wildman–Crippen MR) is 87.5 cm³/mol. The SMILES string of the molecule is CC(C)NC(=O)c1ccc(CNC(=O)C2CCCCC2)cc1. The van der Waals surface area contributed by atoms with E-state index < -0.39 is 0 Å². The maximum Gasteiger partial charge on any atom is 0.251 e. The number of rotatable bonds is 5. The van der Waals surface area contributed by atoms with Gasteiger partial charge in [-0.2, -0.15) is 0 Å². The monoisotopic (exact) mass is 302 g/mol. The van der Waals surface area contributed by atoms with Gasteiger partial charge in [0, 0.05) is 24.1 Å². The normalized spacial score (nSPS) is 15.6. The molecule has 22 heavy (non-hydrogen) atoms. The Labute approximate surface area is 132 Å². The molecule has 1 aromatic carbocycles. The highest BCUT2D eigenvalue weighted by Gasteiger charge is 2.20. The van der Waals surface area contributed by atoms with E-state index in [9.17, 15) is 9.59 Å². The van der Waals surface area contributed by atoms with Crippen LogP contribution in [0.3, 0.4) is 0 Å². The fourth-order valence-electron chi connectivity index (χ4n) is 2.82. The standard InChI is InChI=1S/C18H26N2O2/c1-13(2)20-18(22)16-10-8-14(9-11-16)12-19-17(21)15-6-4-3-5-7-15/h8-11,13,15H,3-7,12H2,1-2H3,(H,19,21)(H,20,22). The zero-order valence-corrected chi connectivity index (χ0v) is 13.5. The summed E-state index contributed by atoms with van der Waals surface area (Å²) in [6.07, 6.45) is 5.61. The molecular formula is C18H26N2O2. The lowest BCUT2D eigenvalue weighted by molar-refractivity contribution is -0.126. The Morgan fingerprint density at radius 3 is 2.32 bits per heavy atom. The summed E-state index contributed by atoms with van der Waals surface area (Å²) in [6.45, 7) is 4.40. The van der Waals surface area contributed by atoms with E-state index in [1.54, 1.807) is 12.1 Å². The second-order valence-electron chi connectivity index (χ2n) is 6.38. The van der Waals surface area contributed by atoms with E-state index in [1.165, 1.54) is 6.42 Å². The minimum atomic E-state index is -0.0622. The van der Waals surface area contributed by atoms with Crippen molar-refractivity contribution in [1.82, 2.24) is 10.6 Å². The van der Waals surface area contributed by atoms with Crippen LogP contribution < -0.4 is 10.6 Å². The summed E-state index contributed by atoms with van der Waals surface area (Å²) in [5, 5.41) is 5.87. The first kappa shape index (κ1) is 16.5. The van der Waals surface area contributed by atoms with E-state index >= 15 is 0 Å². The molecule has 2 amide bonds. The average molecular weight is 302 g/mol. The molecule has 1 saturated carbocycles. The van der Waals surface area contributed by atoms with Crippen molar-refractivity contribution in [3.8, 4) is 0 Å². The topological polar surface area (TPSA) is 58.2 Å². The first-order valence-corrected chi connectivity index (χ1v) is 8.24. The third-order valence-corrected chi connectivity index (χ3v) is 4.08. The zero-order chi connectivity index (χ0) is 15.9. The molecule has 0 unspecified atom stereocenters. The van der Waals surface area contributed by atoms with E-state index in [2.05, 4.69) is 10.6 Å². The van der Waals surface area contributed by atoms with Crippen molar-refractivity contribution in [2.75, 3.05) is 0 Å². The molecule has 2 rings (SSSR count). The van der Waals surface area contributed by atoms with Crippen molar-refractivity contribution in [3.63, 3.8) is 0 Å². The molecule has 0 radical (unpaired) electrons. The highest BCUT2D eigenvalue weighted by molar-refractivity contribution is 5.94. The van der Waals surface area contributed by atoms with Crippen LogP contribution in [0.1, 0.15) is 61.9 Å². The molecule has 4 nitrogen and oxygen atoms in total. The van der Waals surface area contributed by atoms with Crippen molar-refractivity contribution in [1.29, 1.82) is 0 Å². The summed E-state index contributed by atoms with van der Waals surface area (Å²) in [7, 11) is 0. The molecule has 2 N–H and O–H groups in total. The van der Waals surface area contributed by atoms with Gasteiger partial charge < -0.3 is 10.6 Å². The maximum absolute atomic E-state index is 12.1. The molecular weight excluding hydrogens is 276 g/mol. The summed E-state index contributed by atoms with van der Waals surface area (Å²) >= 11 is 0. The van der Waals surface area contributed by atoms with Gasteiger partial charge in [-0.1, -0.05) is 31.4 Å². The Kier molecular flexibility index (Phi) is 5.99. The molecule has 0 aromatic heterocycles.